The molecule has 2 aromatic rings. The molecule has 9 heteroatoms. The van der Waals surface area contributed by atoms with Crippen LogP contribution in [0.1, 0.15) is 11.7 Å². The zero-order chi connectivity index (χ0) is 18.5. The number of nitrogens with one attached hydrogen (secondary N) is 1. The molecule has 27 heavy (non-hydrogen) atoms. The van der Waals surface area contributed by atoms with Gasteiger partial charge in [-0.3, -0.25) is 15.1 Å². The molecule has 5 rings (SSSR count). The SMILES string of the molecule is CSC1=NN2C(=c3ccccc3=N[C@H]2c2cc3c(cc2Cl)OCO3)C(=O)N1. The highest BCUT2D eigenvalue weighted by molar-refractivity contribution is 8.13. The Balaban J connectivity index is 1.76. The van der Waals surface area contributed by atoms with E-state index in [1.807, 2.05) is 30.5 Å². The van der Waals surface area contributed by atoms with Gasteiger partial charge < -0.3 is 9.47 Å². The Labute approximate surface area is 163 Å². The molecule has 0 fully saturated rings. The summed E-state index contributed by atoms with van der Waals surface area (Å²) in [6.07, 6.45) is 1.26. The second-order valence-corrected chi connectivity index (χ2v) is 7.21. The molecule has 2 aromatic carbocycles. The molecule has 3 aliphatic heterocycles. The van der Waals surface area contributed by atoms with Gasteiger partial charge in [0.25, 0.3) is 5.91 Å². The first kappa shape index (κ1) is 16.5. The van der Waals surface area contributed by atoms with Gasteiger partial charge in [0, 0.05) is 16.8 Å². The predicted molar refractivity (Wildman–Crippen MR) is 102 cm³/mol. The Kier molecular flexibility index (Phi) is 3.76. The molecule has 3 aliphatic rings. The minimum Gasteiger partial charge on any atom is -0.454 e. The van der Waals surface area contributed by atoms with Crippen molar-refractivity contribution >= 4 is 40.1 Å². The number of carbonyl (C=O) groups is 1. The molecule has 136 valence electrons. The molecule has 7 nitrogen and oxygen atoms in total. The summed E-state index contributed by atoms with van der Waals surface area (Å²) in [6.45, 7) is 0.151. The number of carbonyl (C=O) groups excluding carboxylic acids is 1. The Morgan fingerprint density at radius 2 is 2.04 bits per heavy atom. The van der Waals surface area contributed by atoms with Crippen LogP contribution in [0.4, 0.5) is 0 Å². The van der Waals surface area contributed by atoms with E-state index < -0.39 is 6.17 Å². The molecular weight excluding hydrogens is 388 g/mol. The molecule has 3 heterocycles. The molecule has 0 spiro atoms. The fourth-order valence-corrected chi connectivity index (χ4v) is 3.87. The smallest absolute Gasteiger partial charge is 0.276 e. The lowest BCUT2D eigenvalue weighted by atomic mass is 10.1. The summed E-state index contributed by atoms with van der Waals surface area (Å²) >= 11 is 7.87. The monoisotopic (exact) mass is 400 g/mol. The summed E-state index contributed by atoms with van der Waals surface area (Å²) in [6, 6.07) is 11.0. The van der Waals surface area contributed by atoms with Crippen LogP contribution in [-0.2, 0) is 4.79 Å². The number of amidine groups is 1. The molecule has 0 aliphatic carbocycles. The van der Waals surface area contributed by atoms with Gasteiger partial charge in [0.05, 0.1) is 10.4 Å². The van der Waals surface area contributed by atoms with Crippen molar-refractivity contribution in [3.63, 3.8) is 0 Å². The molecule has 0 radical (unpaired) electrons. The third kappa shape index (κ3) is 2.55. The lowest BCUT2D eigenvalue weighted by molar-refractivity contribution is -0.116. The zero-order valence-electron chi connectivity index (χ0n) is 14.1. The summed E-state index contributed by atoms with van der Waals surface area (Å²) in [5.74, 6) is 0.966. The van der Waals surface area contributed by atoms with E-state index >= 15 is 0 Å². The van der Waals surface area contributed by atoms with Crippen LogP contribution >= 0.6 is 23.4 Å². The van der Waals surface area contributed by atoms with Gasteiger partial charge in [0.2, 0.25) is 6.79 Å². The predicted octanol–water partition coefficient (Wildman–Crippen LogP) is 1.57. The molecule has 0 saturated carbocycles. The first-order valence-electron chi connectivity index (χ1n) is 8.15. The van der Waals surface area contributed by atoms with Crippen LogP contribution in [0.2, 0.25) is 5.02 Å². The van der Waals surface area contributed by atoms with Crippen LogP contribution in [0.3, 0.4) is 0 Å². The normalized spacial score (nSPS) is 19.7. The minimum atomic E-state index is -0.592. The second kappa shape index (κ2) is 6.17. The maximum absolute atomic E-state index is 12.8. The maximum atomic E-state index is 12.8. The largest absolute Gasteiger partial charge is 0.454 e. The van der Waals surface area contributed by atoms with Crippen molar-refractivity contribution in [2.24, 2.45) is 10.1 Å². The standard InChI is InChI=1S/C18H13ClN4O3S/c1-27-18-21-17(24)15-9-4-2-3-5-12(9)20-16(23(15)22-18)10-6-13-14(7-11(10)19)26-8-25-13/h2-7,16H,8H2,1H3,(H,21,22,24)/t16-/m1/s1. The van der Waals surface area contributed by atoms with E-state index in [0.29, 0.717) is 38.3 Å². The highest BCUT2D eigenvalue weighted by Crippen LogP contribution is 2.42. The van der Waals surface area contributed by atoms with Gasteiger partial charge in [0.15, 0.2) is 22.8 Å². The highest BCUT2D eigenvalue weighted by Gasteiger charge is 2.35. The fourth-order valence-electron chi connectivity index (χ4n) is 3.25. The van der Waals surface area contributed by atoms with Gasteiger partial charge >= 0.3 is 0 Å². The summed E-state index contributed by atoms with van der Waals surface area (Å²) < 4.78 is 10.9. The van der Waals surface area contributed by atoms with Crippen LogP contribution in [0.15, 0.2) is 46.5 Å². The minimum absolute atomic E-state index is 0.151. The maximum Gasteiger partial charge on any atom is 0.276 e. The van der Waals surface area contributed by atoms with Crippen molar-refractivity contribution in [2.45, 2.75) is 6.17 Å². The van der Waals surface area contributed by atoms with Crippen LogP contribution in [0.25, 0.3) is 5.70 Å². The summed E-state index contributed by atoms with van der Waals surface area (Å²) in [7, 11) is 0. The molecule has 1 N–H and O–H groups in total. The third-order valence-corrected chi connectivity index (χ3v) is 5.38. The first-order chi connectivity index (χ1) is 13.2. The molecular formula is C18H13ClN4O3S. The van der Waals surface area contributed by atoms with Gasteiger partial charge in [-0.1, -0.05) is 41.6 Å². The van der Waals surface area contributed by atoms with Crippen molar-refractivity contribution < 1.29 is 14.3 Å². The Bertz CT molecular complexity index is 1130. The average molecular weight is 401 g/mol. The average Bonchev–Trinajstić information content (AvgIpc) is 3.13. The van der Waals surface area contributed by atoms with Crippen molar-refractivity contribution in [2.75, 3.05) is 13.0 Å². The molecule has 0 saturated heterocycles. The lowest BCUT2D eigenvalue weighted by Crippen LogP contribution is -2.50. The van der Waals surface area contributed by atoms with E-state index in [4.69, 9.17) is 26.1 Å². The number of hydrogen-bond acceptors (Lipinski definition) is 7. The van der Waals surface area contributed by atoms with Crippen molar-refractivity contribution in [1.29, 1.82) is 0 Å². The fraction of sp³-hybridized carbons (Fsp3) is 0.167. The number of hydrogen-bond donors (Lipinski definition) is 1. The number of thioether (sulfide) groups is 1. The molecule has 0 aromatic heterocycles. The number of ether oxygens (including phenoxy) is 2. The van der Waals surface area contributed by atoms with Crippen molar-refractivity contribution in [3.05, 3.63) is 57.6 Å². The summed E-state index contributed by atoms with van der Waals surface area (Å²) in [4.78, 5) is 17.6. The Morgan fingerprint density at radius 3 is 2.85 bits per heavy atom. The first-order valence-corrected chi connectivity index (χ1v) is 9.75. The van der Waals surface area contributed by atoms with Crippen molar-refractivity contribution in [3.8, 4) is 11.5 Å². The molecule has 0 bridgehead atoms. The number of rotatable bonds is 1. The van der Waals surface area contributed by atoms with Crippen LogP contribution in [0, 0.1) is 0 Å². The van der Waals surface area contributed by atoms with Crippen LogP contribution in [0.5, 0.6) is 11.5 Å². The topological polar surface area (TPSA) is 75.5 Å². The summed E-state index contributed by atoms with van der Waals surface area (Å²) in [5, 5.41) is 11.4. The number of amides is 1. The molecule has 0 unspecified atom stereocenters. The number of halogens is 1. The van der Waals surface area contributed by atoms with Gasteiger partial charge in [-0.05, 0) is 18.4 Å². The van der Waals surface area contributed by atoms with E-state index in [0.717, 1.165) is 5.22 Å². The number of hydrazone groups is 1. The third-order valence-electron chi connectivity index (χ3n) is 4.48. The van der Waals surface area contributed by atoms with Gasteiger partial charge in [-0.25, -0.2) is 5.01 Å². The summed E-state index contributed by atoms with van der Waals surface area (Å²) in [5.41, 5.74) is 1.13. The second-order valence-electron chi connectivity index (χ2n) is 6.00. The highest BCUT2D eigenvalue weighted by atomic mass is 35.5. The Hall–Kier alpha value is -2.71. The van der Waals surface area contributed by atoms with Gasteiger partial charge in [-0.15, -0.1) is 5.10 Å². The van der Waals surface area contributed by atoms with E-state index in [1.54, 1.807) is 17.1 Å². The van der Waals surface area contributed by atoms with E-state index in [2.05, 4.69) is 10.4 Å². The lowest BCUT2D eigenvalue weighted by Gasteiger charge is -2.34. The van der Waals surface area contributed by atoms with E-state index in [-0.39, 0.29) is 12.7 Å². The van der Waals surface area contributed by atoms with Crippen molar-refractivity contribution in [1.82, 2.24) is 10.3 Å². The quantitative estimate of drug-likeness (QED) is 0.786. The van der Waals surface area contributed by atoms with Crippen LogP contribution < -0.4 is 25.4 Å². The van der Waals surface area contributed by atoms with E-state index in [9.17, 15) is 4.79 Å². The number of para-hydroxylation sites is 1. The molecule has 1 amide bonds. The number of nitrogens with zero attached hydrogens (tertiary/aromatic N) is 3. The van der Waals surface area contributed by atoms with E-state index in [1.165, 1.54) is 11.8 Å². The molecule has 1 atom stereocenters. The number of benzene rings is 2. The van der Waals surface area contributed by atoms with Gasteiger partial charge in [-0.2, -0.15) is 0 Å². The zero-order valence-corrected chi connectivity index (χ0v) is 15.7. The van der Waals surface area contributed by atoms with Gasteiger partial charge in [0.1, 0.15) is 5.70 Å². The Morgan fingerprint density at radius 1 is 1.26 bits per heavy atom. The number of fused-ring (bicyclic) bond motifs is 3. The van der Waals surface area contributed by atoms with Crippen LogP contribution in [-0.4, -0.2) is 29.1 Å².